The molecular formula is C12H10ClIN2O. The molecular weight excluding hydrogens is 351 g/mol. The van der Waals surface area contributed by atoms with Crippen LogP contribution in [0.1, 0.15) is 12.6 Å². The third kappa shape index (κ3) is 2.52. The molecule has 0 aliphatic heterocycles. The second kappa shape index (κ2) is 5.18. The molecule has 0 fully saturated rings. The van der Waals surface area contributed by atoms with Gasteiger partial charge in [0.25, 0.3) is 5.56 Å². The number of nitrogens with one attached hydrogen (secondary N) is 1. The number of nitrogens with zero attached hydrogens (tertiary/aromatic N) is 1. The molecule has 0 aliphatic rings. The molecule has 2 rings (SSSR count). The van der Waals surface area contributed by atoms with Crippen LogP contribution < -0.4 is 5.56 Å². The maximum Gasteiger partial charge on any atom is 0.264 e. The van der Waals surface area contributed by atoms with Gasteiger partial charge in [0.1, 0.15) is 5.82 Å². The fourth-order valence-corrected chi connectivity index (χ4v) is 2.38. The summed E-state index contributed by atoms with van der Waals surface area (Å²) in [5, 5.41) is 0.582. The highest BCUT2D eigenvalue weighted by molar-refractivity contribution is 14.1. The number of rotatable bonds is 2. The van der Waals surface area contributed by atoms with Gasteiger partial charge in [0.05, 0.1) is 14.3 Å². The van der Waals surface area contributed by atoms with Crippen molar-refractivity contribution in [3.63, 3.8) is 0 Å². The lowest BCUT2D eigenvalue weighted by Gasteiger charge is -2.06. The van der Waals surface area contributed by atoms with Gasteiger partial charge in [0.2, 0.25) is 0 Å². The van der Waals surface area contributed by atoms with Gasteiger partial charge in [-0.25, -0.2) is 4.98 Å². The van der Waals surface area contributed by atoms with Crippen LogP contribution in [0.4, 0.5) is 0 Å². The number of aryl methyl sites for hydroxylation is 1. The first-order valence-electron chi connectivity index (χ1n) is 5.17. The predicted molar refractivity (Wildman–Crippen MR) is 77.4 cm³/mol. The molecule has 88 valence electrons. The molecule has 1 N–H and O–H groups in total. The Morgan fingerprint density at radius 2 is 2.12 bits per heavy atom. The van der Waals surface area contributed by atoms with Crippen LogP contribution in [0.5, 0.6) is 0 Å². The summed E-state index contributed by atoms with van der Waals surface area (Å²) in [6, 6.07) is 7.33. The average molecular weight is 361 g/mol. The smallest absolute Gasteiger partial charge is 0.264 e. The van der Waals surface area contributed by atoms with Crippen molar-refractivity contribution < 1.29 is 0 Å². The zero-order valence-corrected chi connectivity index (χ0v) is 12.0. The Kier molecular flexibility index (Phi) is 3.83. The molecule has 1 aromatic carbocycles. The lowest BCUT2D eigenvalue weighted by molar-refractivity contribution is 0.968. The lowest BCUT2D eigenvalue weighted by Crippen LogP contribution is -2.16. The third-order valence-corrected chi connectivity index (χ3v) is 3.84. The molecule has 0 bridgehead atoms. The van der Waals surface area contributed by atoms with Gasteiger partial charge in [0, 0.05) is 5.56 Å². The summed E-state index contributed by atoms with van der Waals surface area (Å²) in [7, 11) is 0. The van der Waals surface area contributed by atoms with E-state index in [4.69, 9.17) is 11.6 Å². The highest BCUT2D eigenvalue weighted by Gasteiger charge is 2.10. The fraction of sp³-hybridized carbons (Fsp3) is 0.167. The van der Waals surface area contributed by atoms with Gasteiger partial charge in [-0.1, -0.05) is 30.7 Å². The Morgan fingerprint density at radius 1 is 1.41 bits per heavy atom. The van der Waals surface area contributed by atoms with Crippen LogP contribution in [0.2, 0.25) is 5.02 Å². The molecule has 5 heteroatoms. The van der Waals surface area contributed by atoms with E-state index in [1.54, 1.807) is 6.07 Å². The van der Waals surface area contributed by atoms with Crippen LogP contribution in [0.15, 0.2) is 29.1 Å². The molecule has 0 unspecified atom stereocenters. The second-order valence-electron chi connectivity index (χ2n) is 3.51. The minimum atomic E-state index is -0.118. The minimum Gasteiger partial charge on any atom is -0.306 e. The van der Waals surface area contributed by atoms with E-state index in [1.807, 2.05) is 47.7 Å². The van der Waals surface area contributed by atoms with Crippen LogP contribution >= 0.6 is 34.2 Å². The monoisotopic (exact) mass is 360 g/mol. The van der Waals surface area contributed by atoms with E-state index in [2.05, 4.69) is 9.97 Å². The number of aromatic nitrogens is 2. The van der Waals surface area contributed by atoms with E-state index in [0.717, 1.165) is 17.7 Å². The zero-order valence-electron chi connectivity index (χ0n) is 9.13. The van der Waals surface area contributed by atoms with Crippen LogP contribution in [0.25, 0.3) is 11.4 Å². The quantitative estimate of drug-likeness (QED) is 0.836. The van der Waals surface area contributed by atoms with Crippen LogP contribution in [0.3, 0.4) is 0 Å². The van der Waals surface area contributed by atoms with E-state index in [-0.39, 0.29) is 5.56 Å². The number of H-pyrrole nitrogens is 1. The molecule has 3 nitrogen and oxygen atoms in total. The molecule has 1 aromatic heterocycles. The number of halogens is 2. The Balaban J connectivity index is 2.66. The van der Waals surface area contributed by atoms with E-state index in [0.29, 0.717) is 14.4 Å². The van der Waals surface area contributed by atoms with Gasteiger partial charge in [-0.15, -0.1) is 0 Å². The van der Waals surface area contributed by atoms with Gasteiger partial charge in [-0.05, 0) is 41.1 Å². The Labute approximate surface area is 117 Å². The Bertz CT molecular complexity index is 610. The number of aromatic amines is 1. The van der Waals surface area contributed by atoms with E-state index < -0.39 is 0 Å². The first-order chi connectivity index (χ1) is 8.13. The number of hydrogen-bond acceptors (Lipinski definition) is 2. The zero-order chi connectivity index (χ0) is 12.4. The van der Waals surface area contributed by atoms with Crippen molar-refractivity contribution in [3.05, 3.63) is 48.9 Å². The largest absolute Gasteiger partial charge is 0.306 e. The number of hydrogen-bond donors (Lipinski definition) is 1. The van der Waals surface area contributed by atoms with Crippen molar-refractivity contribution in [1.29, 1.82) is 0 Å². The molecule has 2 aromatic rings. The molecule has 0 spiro atoms. The summed E-state index contributed by atoms with van der Waals surface area (Å²) in [5.41, 5.74) is 1.43. The molecule has 1 heterocycles. The topological polar surface area (TPSA) is 45.8 Å². The van der Waals surface area contributed by atoms with Gasteiger partial charge in [-0.3, -0.25) is 4.79 Å². The Hall–Kier alpha value is -0.880. The molecule has 17 heavy (non-hydrogen) atoms. The van der Waals surface area contributed by atoms with Crippen molar-refractivity contribution in [1.82, 2.24) is 9.97 Å². The van der Waals surface area contributed by atoms with Gasteiger partial charge < -0.3 is 4.98 Å². The van der Waals surface area contributed by atoms with Crippen molar-refractivity contribution >= 4 is 34.2 Å². The average Bonchev–Trinajstić information content (AvgIpc) is 2.33. The highest BCUT2D eigenvalue weighted by Crippen LogP contribution is 2.24. The predicted octanol–water partition coefficient (Wildman–Crippen LogP) is 3.26. The van der Waals surface area contributed by atoms with Crippen LogP contribution in [-0.4, -0.2) is 9.97 Å². The summed E-state index contributed by atoms with van der Waals surface area (Å²) >= 11 is 8.09. The normalized spacial score (nSPS) is 10.5. The van der Waals surface area contributed by atoms with Crippen molar-refractivity contribution in [3.8, 4) is 11.4 Å². The molecule has 0 atom stereocenters. The third-order valence-electron chi connectivity index (χ3n) is 2.40. The lowest BCUT2D eigenvalue weighted by atomic mass is 10.2. The summed E-state index contributed by atoms with van der Waals surface area (Å²) in [6.07, 6.45) is 0.722. The van der Waals surface area contributed by atoms with Gasteiger partial charge >= 0.3 is 0 Å². The number of benzene rings is 1. The minimum absolute atomic E-state index is 0.118. The highest BCUT2D eigenvalue weighted by atomic mass is 127. The van der Waals surface area contributed by atoms with Crippen LogP contribution in [0, 0.1) is 3.57 Å². The standard InChI is InChI=1S/C12H10ClIN2O/c1-2-9-10(14)12(17)16-11(15-9)7-5-3-4-6-8(7)13/h3-6H,2H2,1H3,(H,15,16,17). The van der Waals surface area contributed by atoms with Crippen molar-refractivity contribution in [2.24, 2.45) is 0 Å². The van der Waals surface area contributed by atoms with Crippen LogP contribution in [-0.2, 0) is 6.42 Å². The van der Waals surface area contributed by atoms with Gasteiger partial charge in [0.15, 0.2) is 0 Å². The maximum atomic E-state index is 11.8. The first-order valence-corrected chi connectivity index (χ1v) is 6.62. The molecule has 0 saturated heterocycles. The summed E-state index contributed by atoms with van der Waals surface area (Å²) in [5.74, 6) is 0.526. The van der Waals surface area contributed by atoms with Crippen molar-refractivity contribution in [2.75, 3.05) is 0 Å². The first kappa shape index (κ1) is 12.6. The summed E-state index contributed by atoms with van der Waals surface area (Å²) in [6.45, 7) is 1.97. The molecule has 0 saturated carbocycles. The molecule has 0 amide bonds. The molecule has 0 radical (unpaired) electrons. The fourth-order valence-electron chi connectivity index (χ4n) is 1.52. The van der Waals surface area contributed by atoms with Crippen molar-refractivity contribution in [2.45, 2.75) is 13.3 Å². The van der Waals surface area contributed by atoms with E-state index in [1.165, 1.54) is 0 Å². The van der Waals surface area contributed by atoms with E-state index >= 15 is 0 Å². The maximum absolute atomic E-state index is 11.8. The second-order valence-corrected chi connectivity index (χ2v) is 4.99. The summed E-state index contributed by atoms with van der Waals surface area (Å²) < 4.78 is 0.640. The SMILES string of the molecule is CCc1nc(-c2ccccc2Cl)[nH]c(=O)c1I. The van der Waals surface area contributed by atoms with E-state index in [9.17, 15) is 4.79 Å². The molecule has 0 aliphatic carbocycles. The van der Waals surface area contributed by atoms with Gasteiger partial charge in [-0.2, -0.15) is 0 Å². The summed E-state index contributed by atoms with van der Waals surface area (Å²) in [4.78, 5) is 18.9. The Morgan fingerprint density at radius 3 is 2.76 bits per heavy atom.